The Morgan fingerprint density at radius 3 is 2.35 bits per heavy atom. The van der Waals surface area contributed by atoms with E-state index in [1.54, 1.807) is 42.5 Å². The van der Waals surface area contributed by atoms with Crippen LogP contribution in [0.3, 0.4) is 0 Å². The van der Waals surface area contributed by atoms with Gasteiger partial charge >= 0.3 is 6.03 Å². The standard InChI is InChI=1S/C27H21Cl2IN2O5/c1-14-6-15(2)8-19(7-14)32-26(34)20(25(33)31-27(32)35)9-16-10-22(30)24(23(11-16)36-3)37-13-17-4-5-18(28)12-21(17)29/h4-12H,13H2,1-3H3,(H,31,33,35). The average molecular weight is 651 g/mol. The molecule has 1 saturated heterocycles. The molecular weight excluding hydrogens is 630 g/mol. The molecule has 0 radical (unpaired) electrons. The monoisotopic (exact) mass is 650 g/mol. The highest BCUT2D eigenvalue weighted by Gasteiger charge is 2.37. The minimum Gasteiger partial charge on any atom is -0.493 e. The van der Waals surface area contributed by atoms with Gasteiger partial charge < -0.3 is 9.47 Å². The fourth-order valence-electron chi connectivity index (χ4n) is 3.89. The first-order chi connectivity index (χ1) is 17.6. The van der Waals surface area contributed by atoms with E-state index in [4.69, 9.17) is 32.7 Å². The van der Waals surface area contributed by atoms with Gasteiger partial charge in [0.2, 0.25) is 0 Å². The lowest BCUT2D eigenvalue weighted by atomic mass is 10.0. The molecule has 1 N–H and O–H groups in total. The number of anilines is 1. The molecule has 7 nitrogen and oxygen atoms in total. The van der Waals surface area contributed by atoms with Crippen molar-refractivity contribution >= 4 is 75.4 Å². The molecular formula is C27H21Cl2IN2O5. The SMILES string of the molecule is COc1cc(C=C2C(=O)NC(=O)N(c3cc(C)cc(C)c3)C2=O)cc(I)c1OCc1ccc(Cl)cc1Cl. The van der Waals surface area contributed by atoms with Gasteiger partial charge in [0.25, 0.3) is 11.8 Å². The summed E-state index contributed by atoms with van der Waals surface area (Å²) in [6.45, 7) is 3.91. The van der Waals surface area contributed by atoms with E-state index in [9.17, 15) is 14.4 Å². The van der Waals surface area contributed by atoms with Gasteiger partial charge in [0.05, 0.1) is 16.4 Å². The lowest BCUT2D eigenvalue weighted by Gasteiger charge is -2.27. The first-order valence-electron chi connectivity index (χ1n) is 11.0. The number of urea groups is 1. The molecule has 1 fully saturated rings. The van der Waals surface area contributed by atoms with Gasteiger partial charge in [0.15, 0.2) is 11.5 Å². The molecule has 1 aliphatic rings. The van der Waals surface area contributed by atoms with Crippen LogP contribution in [-0.4, -0.2) is 25.0 Å². The maximum absolute atomic E-state index is 13.3. The summed E-state index contributed by atoms with van der Waals surface area (Å²) >= 11 is 14.3. The van der Waals surface area contributed by atoms with Crippen LogP contribution >= 0.6 is 45.8 Å². The fourth-order valence-corrected chi connectivity index (χ4v) is 5.13. The summed E-state index contributed by atoms with van der Waals surface area (Å²) in [5, 5.41) is 3.25. The highest BCUT2D eigenvalue weighted by Crippen LogP contribution is 2.36. The number of hydrogen-bond acceptors (Lipinski definition) is 5. The zero-order valence-corrected chi connectivity index (χ0v) is 23.7. The zero-order chi connectivity index (χ0) is 26.9. The number of barbiturate groups is 1. The van der Waals surface area contributed by atoms with Crippen molar-refractivity contribution in [3.63, 3.8) is 0 Å². The molecule has 0 spiro atoms. The highest BCUT2D eigenvalue weighted by molar-refractivity contribution is 14.1. The number of rotatable bonds is 6. The maximum atomic E-state index is 13.3. The van der Waals surface area contributed by atoms with Crippen molar-refractivity contribution in [2.45, 2.75) is 20.5 Å². The van der Waals surface area contributed by atoms with Crippen molar-refractivity contribution in [2.24, 2.45) is 0 Å². The first-order valence-corrected chi connectivity index (χ1v) is 12.8. The van der Waals surface area contributed by atoms with Crippen LogP contribution in [-0.2, 0) is 16.2 Å². The minimum absolute atomic E-state index is 0.177. The molecule has 190 valence electrons. The quantitative estimate of drug-likeness (QED) is 0.188. The van der Waals surface area contributed by atoms with Gasteiger partial charge in [0.1, 0.15) is 12.2 Å². The number of hydrogen-bond donors (Lipinski definition) is 1. The number of methoxy groups -OCH3 is 1. The molecule has 10 heteroatoms. The van der Waals surface area contributed by atoms with Crippen LogP contribution < -0.4 is 19.7 Å². The third kappa shape index (κ3) is 5.92. The summed E-state index contributed by atoms with van der Waals surface area (Å²) in [6.07, 6.45) is 1.42. The first kappa shape index (κ1) is 27.0. The molecule has 4 amide bonds. The van der Waals surface area contributed by atoms with Crippen molar-refractivity contribution in [3.8, 4) is 11.5 Å². The van der Waals surface area contributed by atoms with Gasteiger partial charge in [-0.2, -0.15) is 0 Å². The van der Waals surface area contributed by atoms with Crippen LogP contribution in [0, 0.1) is 17.4 Å². The lowest BCUT2D eigenvalue weighted by Crippen LogP contribution is -2.54. The minimum atomic E-state index is -0.797. The Bertz CT molecular complexity index is 1450. The van der Waals surface area contributed by atoms with Gasteiger partial charge in [0, 0.05) is 15.6 Å². The van der Waals surface area contributed by atoms with E-state index in [0.717, 1.165) is 21.6 Å². The molecule has 1 heterocycles. The lowest BCUT2D eigenvalue weighted by molar-refractivity contribution is -0.122. The number of halogens is 3. The van der Waals surface area contributed by atoms with Crippen molar-refractivity contribution < 1.29 is 23.9 Å². The predicted molar refractivity (Wildman–Crippen MR) is 151 cm³/mol. The maximum Gasteiger partial charge on any atom is 0.335 e. The van der Waals surface area contributed by atoms with Crippen LogP contribution in [0.15, 0.2) is 54.1 Å². The van der Waals surface area contributed by atoms with Crippen LogP contribution in [0.5, 0.6) is 11.5 Å². The molecule has 0 unspecified atom stereocenters. The number of imide groups is 2. The van der Waals surface area contributed by atoms with Crippen molar-refractivity contribution in [2.75, 3.05) is 12.0 Å². The van der Waals surface area contributed by atoms with E-state index in [-0.39, 0.29) is 12.2 Å². The number of carbonyl (C=O) groups is 3. The number of benzene rings is 3. The summed E-state index contributed by atoms with van der Waals surface area (Å²) < 4.78 is 12.2. The second kappa shape index (κ2) is 11.1. The summed E-state index contributed by atoms with van der Waals surface area (Å²) in [6, 6.07) is 13.1. The Hall–Kier alpha value is -3.08. The number of aryl methyl sites for hydroxylation is 2. The van der Waals surface area contributed by atoms with Crippen LogP contribution in [0.1, 0.15) is 22.3 Å². The van der Waals surface area contributed by atoms with Crippen molar-refractivity contribution in [1.82, 2.24) is 5.32 Å². The van der Waals surface area contributed by atoms with E-state index in [2.05, 4.69) is 27.9 Å². The summed E-state index contributed by atoms with van der Waals surface area (Å²) in [5.74, 6) is -0.620. The fraction of sp³-hybridized carbons (Fsp3) is 0.148. The predicted octanol–water partition coefficient (Wildman–Crippen LogP) is 6.47. The van der Waals surface area contributed by atoms with E-state index >= 15 is 0 Å². The molecule has 0 aromatic heterocycles. The Kier molecular flexibility index (Phi) is 8.11. The second-order valence-electron chi connectivity index (χ2n) is 8.36. The Balaban J connectivity index is 1.65. The molecule has 0 aliphatic carbocycles. The molecule has 0 saturated carbocycles. The molecule has 4 rings (SSSR count). The molecule has 0 bridgehead atoms. The summed E-state index contributed by atoms with van der Waals surface area (Å²) in [5.41, 5.74) is 3.23. The van der Waals surface area contributed by atoms with Gasteiger partial charge in [-0.3, -0.25) is 14.9 Å². The number of amides is 4. The Labute approximate surface area is 237 Å². The second-order valence-corrected chi connectivity index (χ2v) is 10.4. The van der Waals surface area contributed by atoms with Gasteiger partial charge in [-0.1, -0.05) is 35.3 Å². The molecule has 37 heavy (non-hydrogen) atoms. The van der Waals surface area contributed by atoms with Gasteiger partial charge in [-0.15, -0.1) is 0 Å². The number of ether oxygens (including phenoxy) is 2. The molecule has 3 aromatic carbocycles. The van der Waals surface area contributed by atoms with E-state index < -0.39 is 17.8 Å². The van der Waals surface area contributed by atoms with E-state index in [1.807, 2.05) is 19.9 Å². The van der Waals surface area contributed by atoms with Crippen molar-refractivity contribution in [1.29, 1.82) is 0 Å². The molecule has 3 aromatic rings. The number of carbonyl (C=O) groups excluding carboxylic acids is 3. The van der Waals surface area contributed by atoms with E-state index in [0.29, 0.717) is 36.4 Å². The zero-order valence-electron chi connectivity index (χ0n) is 20.0. The molecule has 0 atom stereocenters. The third-order valence-electron chi connectivity index (χ3n) is 5.52. The normalized spacial score (nSPS) is 14.7. The number of nitrogens with zero attached hydrogens (tertiary/aromatic N) is 1. The Morgan fingerprint density at radius 2 is 1.70 bits per heavy atom. The molecule has 1 aliphatic heterocycles. The average Bonchev–Trinajstić information content (AvgIpc) is 2.81. The Morgan fingerprint density at radius 1 is 1.00 bits per heavy atom. The van der Waals surface area contributed by atoms with E-state index in [1.165, 1.54) is 13.2 Å². The summed E-state index contributed by atoms with van der Waals surface area (Å²) in [4.78, 5) is 39.4. The smallest absolute Gasteiger partial charge is 0.335 e. The largest absolute Gasteiger partial charge is 0.493 e. The third-order valence-corrected chi connectivity index (χ3v) is 6.90. The van der Waals surface area contributed by atoms with Crippen LogP contribution in [0.4, 0.5) is 10.5 Å². The van der Waals surface area contributed by atoms with Crippen LogP contribution in [0.2, 0.25) is 10.0 Å². The topological polar surface area (TPSA) is 84.9 Å². The van der Waals surface area contributed by atoms with Crippen molar-refractivity contribution in [3.05, 3.63) is 90.0 Å². The van der Waals surface area contributed by atoms with Crippen LogP contribution in [0.25, 0.3) is 6.08 Å². The number of nitrogens with one attached hydrogen (secondary N) is 1. The highest BCUT2D eigenvalue weighted by atomic mass is 127. The van der Waals surface area contributed by atoms with Gasteiger partial charge in [-0.05, 0) is 95.6 Å². The van der Waals surface area contributed by atoms with Gasteiger partial charge in [-0.25, -0.2) is 9.69 Å². The summed E-state index contributed by atoms with van der Waals surface area (Å²) in [7, 11) is 1.49.